The monoisotopic (exact) mass is 1030 g/mol. The van der Waals surface area contributed by atoms with Gasteiger partial charge in [-0.2, -0.15) is 0 Å². The summed E-state index contributed by atoms with van der Waals surface area (Å²) in [5, 5.41) is 23.6. The van der Waals surface area contributed by atoms with Crippen LogP contribution in [0.5, 0.6) is 0 Å². The van der Waals surface area contributed by atoms with Crippen LogP contribution in [0, 0.1) is 26.2 Å². The Morgan fingerprint density at radius 2 is 1.62 bits per heavy atom. The average Bonchev–Trinajstić information content (AvgIpc) is 4.10. The highest BCUT2D eigenvalue weighted by molar-refractivity contribution is 7.17. The molecule has 71 heavy (non-hydrogen) atoms. The Kier molecular flexibility index (Phi) is 17.8. The molecule has 1 unspecified atom stereocenters. The van der Waals surface area contributed by atoms with E-state index >= 15 is 0 Å². The lowest BCUT2D eigenvalue weighted by Gasteiger charge is -2.35. The van der Waals surface area contributed by atoms with E-state index < -0.39 is 23.6 Å². The van der Waals surface area contributed by atoms with Crippen molar-refractivity contribution < 1.29 is 29.1 Å². The van der Waals surface area contributed by atoms with Crippen LogP contribution in [0.1, 0.15) is 104 Å². The molecule has 3 aromatic heterocycles. The van der Waals surface area contributed by atoms with Crippen molar-refractivity contribution in [3.8, 4) is 10.4 Å². The summed E-state index contributed by atoms with van der Waals surface area (Å²) in [6, 6.07) is 13.4. The smallest absolute Gasteiger partial charge is 0.267 e. The fraction of sp³-hybridized carbons (Fsp3) is 0.471. The molecule has 5 heterocycles. The van der Waals surface area contributed by atoms with Crippen LogP contribution < -0.4 is 26.2 Å². The van der Waals surface area contributed by atoms with Crippen LogP contribution in [-0.2, 0) is 25.7 Å². The average molecular weight is 1030 g/mol. The summed E-state index contributed by atoms with van der Waals surface area (Å²) < 4.78 is 0. The maximum Gasteiger partial charge on any atom is 0.267 e. The third-order valence-electron chi connectivity index (χ3n) is 12.7. The predicted octanol–water partition coefficient (Wildman–Crippen LogP) is 7.82. The zero-order valence-corrected chi connectivity index (χ0v) is 43.6. The molecule has 5 aromatic rings. The fourth-order valence-electron chi connectivity index (χ4n) is 8.74. The van der Waals surface area contributed by atoms with Crippen LogP contribution in [0.4, 0.5) is 22.5 Å². The van der Waals surface area contributed by atoms with Gasteiger partial charge >= 0.3 is 0 Å². The van der Waals surface area contributed by atoms with Gasteiger partial charge in [0.1, 0.15) is 34.4 Å². The lowest BCUT2D eigenvalue weighted by Crippen LogP contribution is -2.57. The quantitative estimate of drug-likeness (QED) is 0.0501. The summed E-state index contributed by atoms with van der Waals surface area (Å²) >= 11 is 9.08. The van der Waals surface area contributed by atoms with Crippen molar-refractivity contribution in [2.45, 2.75) is 118 Å². The Labute approximate surface area is 428 Å². The van der Waals surface area contributed by atoms with Crippen LogP contribution in [-0.4, -0.2) is 115 Å². The molecule has 2 aromatic carbocycles. The van der Waals surface area contributed by atoms with E-state index in [9.17, 15) is 29.1 Å². The maximum atomic E-state index is 14.0. The lowest BCUT2D eigenvalue weighted by atomic mass is 9.85. The number of anilines is 4. The lowest BCUT2D eigenvalue weighted by molar-refractivity contribution is -0.144. The summed E-state index contributed by atoms with van der Waals surface area (Å²) in [5.41, 5.74) is 5.51. The predicted molar refractivity (Wildman–Crippen MR) is 279 cm³/mol. The number of halogens is 1. The SMILES string of the molecule is Cc1nc(Nc2ncc(C(=O)Nc3c(C)cccc3Cl)s2)cc(N2CCN(C(=O)CCCCCCCC(=O)NC(C(=O)N3C[C@H](O)C[C@H]3C(=O)NCc3ccc(-c4scnc4C)cc3)C(C)(C)C)CC2)n1. The fourth-order valence-corrected chi connectivity index (χ4v) is 10.5. The summed E-state index contributed by atoms with van der Waals surface area (Å²) in [4.78, 5) is 91.7. The van der Waals surface area contributed by atoms with Crippen molar-refractivity contribution in [2.75, 3.05) is 48.3 Å². The number of aliphatic hydroxyl groups is 1. The number of amides is 5. The first-order valence-corrected chi connectivity index (χ1v) is 26.2. The van der Waals surface area contributed by atoms with Crippen molar-refractivity contribution >= 4 is 86.3 Å². The topological polar surface area (TPSA) is 215 Å². The number of hydrogen-bond donors (Lipinski definition) is 5. The Morgan fingerprint density at radius 3 is 2.31 bits per heavy atom. The molecule has 378 valence electrons. The van der Waals surface area contributed by atoms with Gasteiger partial charge in [-0.05, 0) is 61.8 Å². The molecule has 20 heteroatoms. The Morgan fingerprint density at radius 1 is 0.901 bits per heavy atom. The summed E-state index contributed by atoms with van der Waals surface area (Å²) in [6.45, 7) is 14.0. The molecule has 2 aliphatic rings. The Bertz CT molecular complexity index is 2660. The van der Waals surface area contributed by atoms with Crippen molar-refractivity contribution in [1.82, 2.24) is 40.4 Å². The van der Waals surface area contributed by atoms with E-state index in [4.69, 9.17) is 11.6 Å². The van der Waals surface area contributed by atoms with Crippen LogP contribution in [0.2, 0.25) is 5.02 Å². The van der Waals surface area contributed by atoms with Crippen molar-refractivity contribution in [1.29, 1.82) is 0 Å². The number of piperazine rings is 1. The highest BCUT2D eigenvalue weighted by Gasteiger charge is 2.44. The minimum absolute atomic E-state index is 0.0108. The number of aromatic nitrogens is 4. The summed E-state index contributed by atoms with van der Waals surface area (Å²) in [6.07, 6.45) is 5.39. The van der Waals surface area contributed by atoms with Crippen molar-refractivity contribution in [2.24, 2.45) is 5.41 Å². The first-order valence-electron chi connectivity index (χ1n) is 24.2. The molecule has 17 nitrogen and oxygen atoms in total. The molecule has 3 atom stereocenters. The van der Waals surface area contributed by atoms with Gasteiger partial charge < -0.3 is 41.1 Å². The number of benzene rings is 2. The molecule has 2 fully saturated rings. The van der Waals surface area contributed by atoms with E-state index in [1.165, 1.54) is 22.4 Å². The number of carbonyl (C=O) groups is 5. The molecular formula is C51H64ClN11O6S2. The number of aliphatic hydroxyl groups excluding tert-OH is 1. The first-order chi connectivity index (χ1) is 33.9. The summed E-state index contributed by atoms with van der Waals surface area (Å²) in [5.74, 6) is 0.692. The van der Waals surface area contributed by atoms with Gasteiger partial charge in [0, 0.05) is 64.6 Å². The minimum Gasteiger partial charge on any atom is -0.391 e. The number of para-hydroxylation sites is 1. The van der Waals surface area contributed by atoms with Gasteiger partial charge in [0.2, 0.25) is 23.6 Å². The second-order valence-corrected chi connectivity index (χ2v) is 21.6. The number of aryl methyl sites for hydroxylation is 3. The third-order valence-corrected chi connectivity index (χ3v) is 14.9. The number of nitrogens with zero attached hydrogens (tertiary/aromatic N) is 7. The van der Waals surface area contributed by atoms with Gasteiger partial charge in [0.25, 0.3) is 5.91 Å². The van der Waals surface area contributed by atoms with Crippen LogP contribution in [0.25, 0.3) is 10.4 Å². The molecule has 0 radical (unpaired) electrons. The highest BCUT2D eigenvalue weighted by atomic mass is 35.5. The molecule has 5 N–H and O–H groups in total. The van der Waals surface area contributed by atoms with Crippen LogP contribution >= 0.6 is 34.3 Å². The number of likely N-dealkylation sites (tertiary alicyclic amines) is 1. The van der Waals surface area contributed by atoms with Crippen molar-refractivity contribution in [3.63, 3.8) is 0 Å². The van der Waals surface area contributed by atoms with E-state index in [0.717, 1.165) is 58.8 Å². The zero-order chi connectivity index (χ0) is 50.8. The van der Waals surface area contributed by atoms with Gasteiger partial charge in [0.05, 0.1) is 39.1 Å². The second kappa shape index (κ2) is 23.9. The number of β-amino-alcohol motifs (C(OH)–C–C–N with tert-alkyl or cyclic N) is 1. The summed E-state index contributed by atoms with van der Waals surface area (Å²) in [7, 11) is 0. The molecular weight excluding hydrogens is 962 g/mol. The number of rotatable bonds is 19. The second-order valence-electron chi connectivity index (χ2n) is 19.3. The molecule has 0 saturated carbocycles. The van der Waals surface area contributed by atoms with E-state index in [2.05, 4.69) is 46.1 Å². The minimum atomic E-state index is -0.887. The Hall–Kier alpha value is -6.02. The van der Waals surface area contributed by atoms with E-state index in [-0.39, 0.29) is 55.5 Å². The number of unbranched alkanes of at least 4 members (excludes halogenated alkanes) is 4. The zero-order valence-electron chi connectivity index (χ0n) is 41.2. The molecule has 2 saturated heterocycles. The number of nitrogens with one attached hydrogen (secondary N) is 4. The van der Waals surface area contributed by atoms with Gasteiger partial charge in [0.15, 0.2) is 5.13 Å². The standard InChI is InChI=1S/C51H64ClN11O6S2/c1-31-13-12-14-37(52)44(31)60-48(68)39-28-54-50(71-39)58-40-26-41(57-33(3)56-40)61-21-23-62(24-22-61)43(66)16-11-9-7-8-10-15-42(65)59-46(51(4,5)6)49(69)63-29-36(64)25-38(63)47(67)53-27-34-17-19-35(20-18-34)45-32(2)55-30-70-45/h12-14,17-20,26,28,30,36,38,46,64H,7-11,15-16,21-25,27,29H2,1-6H3,(H,53,67)(H,59,65)(H,60,68)(H,54,56,57,58)/t36-,38+,46?/m1/s1. The number of hydrogen-bond acceptors (Lipinski definition) is 14. The van der Waals surface area contributed by atoms with Gasteiger partial charge in [-0.25, -0.2) is 19.9 Å². The maximum absolute atomic E-state index is 14.0. The van der Waals surface area contributed by atoms with Gasteiger partial charge in [-0.1, -0.05) is 99.4 Å². The number of thiazole rings is 2. The molecule has 0 spiro atoms. The van der Waals surface area contributed by atoms with Crippen molar-refractivity contribution in [3.05, 3.63) is 92.8 Å². The largest absolute Gasteiger partial charge is 0.391 e. The van der Waals surface area contributed by atoms with E-state index in [0.29, 0.717) is 71.4 Å². The van der Waals surface area contributed by atoms with Gasteiger partial charge in [-0.3, -0.25) is 24.0 Å². The van der Waals surface area contributed by atoms with E-state index in [1.807, 2.05) is 94.4 Å². The molecule has 5 amide bonds. The van der Waals surface area contributed by atoms with Gasteiger partial charge in [-0.15, -0.1) is 11.3 Å². The highest BCUT2D eigenvalue weighted by Crippen LogP contribution is 2.31. The third kappa shape index (κ3) is 14.1. The van der Waals surface area contributed by atoms with E-state index in [1.54, 1.807) is 17.4 Å². The van der Waals surface area contributed by atoms with Crippen LogP contribution in [0.3, 0.4) is 0 Å². The Balaban J connectivity index is 0.790. The molecule has 0 aliphatic carbocycles. The molecule has 7 rings (SSSR count). The molecule has 0 bridgehead atoms. The number of carbonyl (C=O) groups excluding carboxylic acids is 5. The normalized spacial score (nSPS) is 16.4. The first kappa shape index (κ1) is 52.8. The molecule has 2 aliphatic heterocycles. The van der Waals surface area contributed by atoms with Crippen LogP contribution in [0.15, 0.2) is 60.2 Å².